The lowest BCUT2D eigenvalue weighted by Gasteiger charge is -2.27. The number of rotatable bonds is 3. The van der Waals surface area contributed by atoms with Crippen LogP contribution in [0.15, 0.2) is 15.9 Å². The molecule has 1 aromatic rings. The van der Waals surface area contributed by atoms with Gasteiger partial charge < -0.3 is 9.64 Å². The Morgan fingerprint density at radius 1 is 1.71 bits per heavy atom. The molecule has 1 amide bonds. The number of carbonyl (C=O) groups is 1. The van der Waals surface area contributed by atoms with E-state index in [0.29, 0.717) is 5.92 Å². The van der Waals surface area contributed by atoms with E-state index in [-0.39, 0.29) is 5.91 Å². The summed E-state index contributed by atoms with van der Waals surface area (Å²) in [6.07, 6.45) is 2.26. The highest BCUT2D eigenvalue weighted by Gasteiger charge is 2.21. The molecule has 94 valence electrons. The van der Waals surface area contributed by atoms with Gasteiger partial charge in [-0.05, 0) is 46.1 Å². The number of ether oxygens (including phenoxy) is 1. The van der Waals surface area contributed by atoms with Crippen molar-refractivity contribution >= 4 is 33.2 Å². The summed E-state index contributed by atoms with van der Waals surface area (Å²) in [6.45, 7) is 2.43. The van der Waals surface area contributed by atoms with E-state index in [1.165, 1.54) is 11.3 Å². The third kappa shape index (κ3) is 3.30. The van der Waals surface area contributed by atoms with Crippen LogP contribution in [0, 0.1) is 5.92 Å². The summed E-state index contributed by atoms with van der Waals surface area (Å²) in [5.41, 5.74) is 0. The Morgan fingerprint density at radius 2 is 2.53 bits per heavy atom. The third-order valence-corrected chi connectivity index (χ3v) is 4.77. The third-order valence-electron chi connectivity index (χ3n) is 2.94. The molecule has 2 heterocycles. The average Bonchev–Trinajstić information content (AvgIpc) is 2.76. The smallest absolute Gasteiger partial charge is 0.264 e. The van der Waals surface area contributed by atoms with E-state index in [9.17, 15) is 4.79 Å². The van der Waals surface area contributed by atoms with E-state index in [4.69, 9.17) is 4.74 Å². The molecule has 0 spiro atoms. The molecule has 17 heavy (non-hydrogen) atoms. The molecule has 1 aromatic heterocycles. The van der Waals surface area contributed by atoms with Gasteiger partial charge in [-0.25, -0.2) is 0 Å². The zero-order chi connectivity index (χ0) is 12.3. The van der Waals surface area contributed by atoms with Crippen molar-refractivity contribution in [1.29, 1.82) is 0 Å². The molecule has 5 heteroatoms. The van der Waals surface area contributed by atoms with Crippen LogP contribution < -0.4 is 0 Å². The Morgan fingerprint density at radius 3 is 3.12 bits per heavy atom. The molecule has 0 bridgehead atoms. The standard InChI is InChI=1S/C12H16BrNO2S/c1-14(7-9-3-2-5-16-8-9)12(15)11-10(13)4-6-17-11/h4,6,9H,2-3,5,7-8H2,1H3/t9-/m0/s1. The van der Waals surface area contributed by atoms with Crippen LogP contribution in [0.3, 0.4) is 0 Å². The van der Waals surface area contributed by atoms with Crippen molar-refractivity contribution in [3.05, 3.63) is 20.8 Å². The SMILES string of the molecule is CN(C[C@@H]1CCCOC1)C(=O)c1sccc1Br. The summed E-state index contributed by atoms with van der Waals surface area (Å²) in [6, 6.07) is 1.91. The fourth-order valence-electron chi connectivity index (χ4n) is 2.04. The molecule has 1 fully saturated rings. The number of amides is 1. The molecular weight excluding hydrogens is 302 g/mol. The second-order valence-electron chi connectivity index (χ2n) is 4.37. The number of thiophene rings is 1. The van der Waals surface area contributed by atoms with E-state index in [1.807, 2.05) is 18.5 Å². The van der Waals surface area contributed by atoms with Gasteiger partial charge in [0.1, 0.15) is 4.88 Å². The van der Waals surface area contributed by atoms with Gasteiger partial charge in [0.2, 0.25) is 0 Å². The molecule has 0 radical (unpaired) electrons. The first kappa shape index (κ1) is 13.1. The van der Waals surface area contributed by atoms with Crippen molar-refractivity contribution in [2.24, 2.45) is 5.92 Å². The largest absolute Gasteiger partial charge is 0.381 e. The first-order valence-corrected chi connectivity index (χ1v) is 7.42. The highest BCUT2D eigenvalue weighted by molar-refractivity contribution is 9.10. The van der Waals surface area contributed by atoms with Crippen molar-refractivity contribution in [2.75, 3.05) is 26.8 Å². The number of hydrogen-bond acceptors (Lipinski definition) is 3. The summed E-state index contributed by atoms with van der Waals surface area (Å²) in [5.74, 6) is 0.578. The van der Waals surface area contributed by atoms with Crippen LogP contribution in [0.5, 0.6) is 0 Å². The second kappa shape index (κ2) is 5.98. The number of nitrogens with zero attached hydrogens (tertiary/aromatic N) is 1. The highest BCUT2D eigenvalue weighted by atomic mass is 79.9. The minimum Gasteiger partial charge on any atom is -0.381 e. The summed E-state index contributed by atoms with van der Waals surface area (Å²) < 4.78 is 6.32. The predicted molar refractivity (Wildman–Crippen MR) is 72.5 cm³/mol. The fourth-order valence-corrected chi connectivity index (χ4v) is 3.58. The lowest BCUT2D eigenvalue weighted by Crippen LogP contribution is -2.34. The molecule has 2 rings (SSSR count). The van der Waals surface area contributed by atoms with Crippen LogP contribution in [0.4, 0.5) is 0 Å². The summed E-state index contributed by atoms with van der Waals surface area (Å²) in [4.78, 5) is 14.7. The molecule has 1 atom stereocenters. The van der Waals surface area contributed by atoms with Gasteiger partial charge in [-0.15, -0.1) is 11.3 Å². The molecule has 1 saturated heterocycles. The van der Waals surface area contributed by atoms with Gasteiger partial charge in [-0.3, -0.25) is 4.79 Å². The Labute approximate surface area is 114 Å². The van der Waals surface area contributed by atoms with Crippen LogP contribution in [-0.4, -0.2) is 37.6 Å². The van der Waals surface area contributed by atoms with E-state index >= 15 is 0 Å². The molecule has 0 aromatic carbocycles. The van der Waals surface area contributed by atoms with Gasteiger partial charge in [-0.2, -0.15) is 0 Å². The van der Waals surface area contributed by atoms with E-state index in [1.54, 1.807) is 4.90 Å². The first-order valence-electron chi connectivity index (χ1n) is 5.74. The zero-order valence-corrected chi connectivity index (χ0v) is 12.2. The topological polar surface area (TPSA) is 29.5 Å². The van der Waals surface area contributed by atoms with Crippen LogP contribution in [0.2, 0.25) is 0 Å². The Bertz CT molecular complexity index is 388. The molecule has 0 aliphatic carbocycles. The maximum absolute atomic E-state index is 12.2. The monoisotopic (exact) mass is 317 g/mol. The number of halogens is 1. The van der Waals surface area contributed by atoms with Crippen molar-refractivity contribution in [3.8, 4) is 0 Å². The van der Waals surface area contributed by atoms with Gasteiger partial charge in [0.25, 0.3) is 5.91 Å². The van der Waals surface area contributed by atoms with Crippen molar-refractivity contribution in [1.82, 2.24) is 4.90 Å². The summed E-state index contributed by atoms with van der Waals surface area (Å²) in [5, 5.41) is 1.93. The normalized spacial score (nSPS) is 20.2. The molecule has 3 nitrogen and oxygen atoms in total. The van der Waals surface area contributed by atoms with Crippen molar-refractivity contribution in [2.45, 2.75) is 12.8 Å². The Balaban J connectivity index is 1.93. The van der Waals surface area contributed by atoms with Gasteiger partial charge in [0.05, 0.1) is 6.61 Å². The minimum atomic E-state index is 0.0949. The van der Waals surface area contributed by atoms with Gasteiger partial charge in [-0.1, -0.05) is 0 Å². The van der Waals surface area contributed by atoms with Crippen LogP contribution >= 0.6 is 27.3 Å². The highest BCUT2D eigenvalue weighted by Crippen LogP contribution is 2.24. The molecular formula is C12H16BrNO2S. The van der Waals surface area contributed by atoms with Crippen LogP contribution in [0.25, 0.3) is 0 Å². The zero-order valence-electron chi connectivity index (χ0n) is 9.82. The number of carbonyl (C=O) groups excluding carboxylic acids is 1. The minimum absolute atomic E-state index is 0.0949. The first-order chi connectivity index (χ1) is 8.18. The van der Waals surface area contributed by atoms with Gasteiger partial charge in [0.15, 0.2) is 0 Å². The lowest BCUT2D eigenvalue weighted by atomic mass is 10.0. The van der Waals surface area contributed by atoms with Gasteiger partial charge in [0, 0.05) is 24.7 Å². The lowest BCUT2D eigenvalue weighted by molar-refractivity contribution is 0.0390. The Kier molecular flexibility index (Phi) is 4.59. The van der Waals surface area contributed by atoms with E-state index in [2.05, 4.69) is 15.9 Å². The fraction of sp³-hybridized carbons (Fsp3) is 0.583. The molecule has 1 aliphatic heterocycles. The molecule has 1 aliphatic rings. The average molecular weight is 318 g/mol. The molecule has 0 saturated carbocycles. The van der Waals surface area contributed by atoms with Crippen molar-refractivity contribution in [3.63, 3.8) is 0 Å². The summed E-state index contributed by atoms with van der Waals surface area (Å²) in [7, 11) is 1.86. The predicted octanol–water partition coefficient (Wildman–Crippen LogP) is 3.01. The van der Waals surface area contributed by atoms with Crippen LogP contribution in [0.1, 0.15) is 22.5 Å². The quantitative estimate of drug-likeness (QED) is 0.857. The maximum Gasteiger partial charge on any atom is 0.264 e. The van der Waals surface area contributed by atoms with Gasteiger partial charge >= 0.3 is 0 Å². The maximum atomic E-state index is 12.2. The molecule has 0 N–H and O–H groups in total. The van der Waals surface area contributed by atoms with E-state index in [0.717, 1.165) is 42.0 Å². The number of hydrogen-bond donors (Lipinski definition) is 0. The summed E-state index contributed by atoms with van der Waals surface area (Å²) >= 11 is 4.88. The van der Waals surface area contributed by atoms with Crippen molar-refractivity contribution < 1.29 is 9.53 Å². The van der Waals surface area contributed by atoms with Crippen LogP contribution in [-0.2, 0) is 4.74 Å². The molecule has 0 unspecified atom stereocenters. The second-order valence-corrected chi connectivity index (χ2v) is 6.14. The Hall–Kier alpha value is -0.390. The van der Waals surface area contributed by atoms with E-state index < -0.39 is 0 Å².